The van der Waals surface area contributed by atoms with Gasteiger partial charge in [-0.05, 0) is 25.0 Å². The second kappa shape index (κ2) is 7.77. The molecule has 1 aliphatic rings. The molecule has 1 saturated heterocycles. The Morgan fingerprint density at radius 1 is 1.18 bits per heavy atom. The number of fused-ring (bicyclic) bond motifs is 1. The lowest BCUT2D eigenvalue weighted by atomic mass is 10.2. The summed E-state index contributed by atoms with van der Waals surface area (Å²) >= 11 is 7.49. The lowest BCUT2D eigenvalue weighted by Crippen LogP contribution is -2.27. The van der Waals surface area contributed by atoms with Crippen molar-refractivity contribution in [1.29, 1.82) is 0 Å². The molecule has 0 unspecified atom stereocenters. The molecule has 1 aliphatic heterocycles. The van der Waals surface area contributed by atoms with Gasteiger partial charge in [-0.3, -0.25) is 9.59 Å². The molecule has 4 rings (SSSR count). The maximum atomic E-state index is 12.3. The summed E-state index contributed by atoms with van der Waals surface area (Å²) in [5.41, 5.74) is 0.668. The van der Waals surface area contributed by atoms with Crippen molar-refractivity contribution in [3.05, 3.63) is 57.7 Å². The van der Waals surface area contributed by atoms with Crippen LogP contribution in [0.5, 0.6) is 0 Å². The third-order valence-corrected chi connectivity index (χ3v) is 6.34. The molecule has 1 amide bonds. The van der Waals surface area contributed by atoms with Crippen LogP contribution in [0.2, 0.25) is 5.02 Å². The van der Waals surface area contributed by atoms with Crippen LogP contribution in [-0.2, 0) is 4.74 Å². The highest BCUT2D eigenvalue weighted by Crippen LogP contribution is 2.35. The number of nitrogens with zero attached hydrogens (tertiary/aromatic N) is 1. The van der Waals surface area contributed by atoms with Crippen LogP contribution in [0.3, 0.4) is 0 Å². The fourth-order valence-electron chi connectivity index (χ4n) is 3.19. The summed E-state index contributed by atoms with van der Waals surface area (Å²) in [6, 6.07) is 8.90. The number of esters is 1. The molecule has 0 bridgehead atoms. The summed E-state index contributed by atoms with van der Waals surface area (Å²) in [7, 11) is 0. The summed E-state index contributed by atoms with van der Waals surface area (Å²) in [5, 5.41) is 1.11. The second-order valence-corrected chi connectivity index (χ2v) is 7.97. The van der Waals surface area contributed by atoms with E-state index in [9.17, 15) is 14.4 Å². The van der Waals surface area contributed by atoms with Crippen molar-refractivity contribution in [2.24, 2.45) is 0 Å². The first-order chi connectivity index (χ1) is 13.5. The van der Waals surface area contributed by atoms with Crippen molar-refractivity contribution in [1.82, 2.24) is 9.88 Å². The monoisotopic (exact) mass is 416 g/mol. The molecule has 0 spiro atoms. The quantitative estimate of drug-likeness (QED) is 0.500. The molecule has 1 fully saturated rings. The Morgan fingerprint density at radius 2 is 1.93 bits per heavy atom. The molecule has 1 aromatic carbocycles. The Bertz CT molecular complexity index is 1070. The molecule has 6 nitrogen and oxygen atoms in total. The van der Waals surface area contributed by atoms with Gasteiger partial charge in [0.15, 0.2) is 6.61 Å². The molecular weight excluding hydrogens is 400 g/mol. The molecule has 0 aliphatic carbocycles. The summed E-state index contributed by atoms with van der Waals surface area (Å²) < 4.78 is 6.03. The maximum Gasteiger partial charge on any atom is 0.350 e. The number of likely N-dealkylation sites (tertiary alicyclic amines) is 1. The first kappa shape index (κ1) is 18.7. The smallest absolute Gasteiger partial charge is 0.350 e. The fraction of sp³-hybridized carbons (Fsp3) is 0.250. The highest BCUT2D eigenvalue weighted by atomic mass is 35.5. The summed E-state index contributed by atoms with van der Waals surface area (Å²) in [4.78, 5) is 41.9. The normalized spacial score (nSPS) is 13.8. The van der Waals surface area contributed by atoms with E-state index in [1.807, 2.05) is 24.3 Å². The van der Waals surface area contributed by atoms with Crippen LogP contribution in [0.1, 0.15) is 43.4 Å². The highest BCUT2D eigenvalue weighted by Gasteiger charge is 2.23. The van der Waals surface area contributed by atoms with Crippen LogP contribution >= 0.6 is 22.9 Å². The van der Waals surface area contributed by atoms with Crippen molar-refractivity contribution in [3.63, 3.8) is 0 Å². The number of carbonyl (C=O) groups excluding carboxylic acids is 3. The zero-order valence-corrected chi connectivity index (χ0v) is 16.4. The van der Waals surface area contributed by atoms with Gasteiger partial charge in [0.05, 0.1) is 5.02 Å². The maximum absolute atomic E-state index is 12.3. The van der Waals surface area contributed by atoms with Gasteiger partial charge < -0.3 is 14.6 Å². The van der Waals surface area contributed by atoms with Crippen LogP contribution in [0, 0.1) is 0 Å². The number of ether oxygens (including phenoxy) is 1. The number of thiophene rings is 1. The zero-order chi connectivity index (χ0) is 19.7. The fourth-order valence-corrected chi connectivity index (χ4v) is 4.60. The Hall–Kier alpha value is -2.64. The third kappa shape index (κ3) is 3.55. The van der Waals surface area contributed by atoms with Crippen molar-refractivity contribution >= 4 is 50.7 Å². The third-order valence-electron chi connectivity index (χ3n) is 4.68. The number of hydrogen-bond acceptors (Lipinski definition) is 5. The van der Waals surface area contributed by atoms with Gasteiger partial charge >= 0.3 is 5.97 Å². The van der Waals surface area contributed by atoms with E-state index in [1.54, 1.807) is 4.90 Å². The second-order valence-electron chi connectivity index (χ2n) is 6.54. The molecule has 1 N–H and O–H groups in total. The summed E-state index contributed by atoms with van der Waals surface area (Å²) in [6.45, 7) is 1.04. The topological polar surface area (TPSA) is 79.5 Å². The highest BCUT2D eigenvalue weighted by molar-refractivity contribution is 7.21. The van der Waals surface area contributed by atoms with Gasteiger partial charge in [-0.2, -0.15) is 0 Å². The van der Waals surface area contributed by atoms with E-state index in [1.165, 1.54) is 23.6 Å². The van der Waals surface area contributed by atoms with Crippen LogP contribution in [0.25, 0.3) is 10.1 Å². The predicted molar refractivity (Wildman–Crippen MR) is 107 cm³/mol. The number of ketones is 1. The summed E-state index contributed by atoms with van der Waals surface area (Å²) in [5.74, 6) is -1.14. The van der Waals surface area contributed by atoms with Crippen molar-refractivity contribution < 1.29 is 19.1 Å². The molecule has 3 heterocycles. The van der Waals surface area contributed by atoms with E-state index in [0.717, 1.165) is 36.0 Å². The summed E-state index contributed by atoms with van der Waals surface area (Å²) in [6.07, 6.45) is 3.45. The molecule has 144 valence electrons. The van der Waals surface area contributed by atoms with Gasteiger partial charge in [0.25, 0.3) is 5.91 Å². The zero-order valence-electron chi connectivity index (χ0n) is 14.9. The first-order valence-electron chi connectivity index (χ1n) is 8.89. The van der Waals surface area contributed by atoms with Gasteiger partial charge in [0.1, 0.15) is 10.6 Å². The van der Waals surface area contributed by atoms with Crippen molar-refractivity contribution in [2.75, 3.05) is 19.7 Å². The minimum Gasteiger partial charge on any atom is -0.453 e. The van der Waals surface area contributed by atoms with Gasteiger partial charge in [-0.25, -0.2) is 4.79 Å². The minimum atomic E-state index is -0.636. The molecular formula is C20H17ClN2O4S. The Kier molecular flexibility index (Phi) is 5.19. The van der Waals surface area contributed by atoms with Crippen LogP contribution in [0.15, 0.2) is 36.5 Å². The minimum absolute atomic E-state index is 0.120. The number of rotatable bonds is 5. The number of aromatic amines is 1. The Balaban J connectivity index is 1.40. The Labute approximate surface area is 170 Å². The van der Waals surface area contributed by atoms with E-state index in [2.05, 4.69) is 4.98 Å². The molecule has 0 saturated carbocycles. The van der Waals surface area contributed by atoms with Gasteiger partial charge in [-0.15, -0.1) is 11.3 Å². The molecule has 8 heteroatoms. The lowest BCUT2D eigenvalue weighted by molar-refractivity contribution is 0.0479. The molecule has 3 aromatic rings. The van der Waals surface area contributed by atoms with E-state index in [-0.39, 0.29) is 16.6 Å². The van der Waals surface area contributed by atoms with Gasteiger partial charge in [0, 0.05) is 34.9 Å². The first-order valence-corrected chi connectivity index (χ1v) is 10.1. The number of amides is 1. The van der Waals surface area contributed by atoms with E-state index >= 15 is 0 Å². The molecule has 28 heavy (non-hydrogen) atoms. The number of hydrogen-bond donors (Lipinski definition) is 1. The predicted octanol–water partition coefficient (Wildman–Crippen LogP) is 4.16. The van der Waals surface area contributed by atoms with Crippen LogP contribution in [-0.4, -0.2) is 47.2 Å². The lowest BCUT2D eigenvalue weighted by Gasteiger charge is -2.13. The van der Waals surface area contributed by atoms with Gasteiger partial charge in [-0.1, -0.05) is 29.8 Å². The SMILES string of the molecule is O=C(COC(=O)c1sc2ccccc2c1Cl)c1c[nH]c(C(=O)N2CCCC2)c1. The van der Waals surface area contributed by atoms with Crippen LogP contribution < -0.4 is 0 Å². The number of nitrogens with one attached hydrogen (secondary N) is 1. The number of Topliss-reactive ketones (excluding diaryl/α,β-unsaturated/α-hetero) is 1. The van der Waals surface area contributed by atoms with Crippen molar-refractivity contribution in [3.8, 4) is 0 Å². The molecule has 0 radical (unpaired) electrons. The average molecular weight is 417 g/mol. The van der Waals surface area contributed by atoms with Gasteiger partial charge in [0.2, 0.25) is 5.78 Å². The standard InChI is InChI=1S/C20H17ClN2O4S/c21-17-13-5-1-2-6-16(13)28-18(17)20(26)27-11-15(24)12-9-14(22-10-12)19(25)23-7-3-4-8-23/h1-2,5-6,9-10,22H,3-4,7-8,11H2. The number of benzene rings is 1. The molecule has 2 aromatic heterocycles. The number of H-pyrrole nitrogens is 1. The molecule has 0 atom stereocenters. The Morgan fingerprint density at radius 3 is 2.68 bits per heavy atom. The number of halogens is 1. The average Bonchev–Trinajstić information content (AvgIpc) is 3.46. The van der Waals surface area contributed by atoms with Crippen molar-refractivity contribution in [2.45, 2.75) is 12.8 Å². The van der Waals surface area contributed by atoms with E-state index in [4.69, 9.17) is 16.3 Å². The largest absolute Gasteiger partial charge is 0.453 e. The number of aromatic nitrogens is 1. The van der Waals surface area contributed by atoms with Crippen LogP contribution in [0.4, 0.5) is 0 Å². The number of carbonyl (C=O) groups is 3. The van der Waals surface area contributed by atoms with E-state index < -0.39 is 12.6 Å². The van der Waals surface area contributed by atoms with E-state index in [0.29, 0.717) is 16.3 Å².